The zero-order valence-electron chi connectivity index (χ0n) is 32.9. The Hall–Kier alpha value is -5.99. The highest BCUT2D eigenvalue weighted by Gasteiger charge is 2.24. The number of unbranched alkanes of at least 4 members (excludes halogenated alkanes) is 2. The number of amides is 3. The van der Waals surface area contributed by atoms with Crippen LogP contribution in [0.25, 0.3) is 11.4 Å². The van der Waals surface area contributed by atoms with E-state index in [1.807, 2.05) is 72.8 Å². The maximum atomic E-state index is 13.2. The predicted octanol–water partition coefficient (Wildman–Crippen LogP) is 7.49. The lowest BCUT2D eigenvalue weighted by Gasteiger charge is -2.23. The maximum absolute atomic E-state index is 13.2. The van der Waals surface area contributed by atoms with Crippen LogP contribution < -0.4 is 25.4 Å². The summed E-state index contributed by atoms with van der Waals surface area (Å²) < 4.78 is 16.9. The van der Waals surface area contributed by atoms with Crippen LogP contribution in [-0.4, -0.2) is 69.7 Å². The number of rotatable bonds is 21. The summed E-state index contributed by atoms with van der Waals surface area (Å²) in [6.45, 7) is 10.9. The number of nitrogens with zero attached hydrogens (tertiary/aromatic N) is 6. The molecule has 0 aliphatic heterocycles. The van der Waals surface area contributed by atoms with Gasteiger partial charge in [0.1, 0.15) is 23.1 Å². The second-order valence-corrected chi connectivity index (χ2v) is 14.1. The summed E-state index contributed by atoms with van der Waals surface area (Å²) in [4.78, 5) is 38.2. The van der Waals surface area contributed by atoms with Crippen molar-refractivity contribution in [2.24, 2.45) is 10.2 Å². The van der Waals surface area contributed by atoms with Gasteiger partial charge in [-0.1, -0.05) is 37.6 Å². The van der Waals surface area contributed by atoms with Crippen LogP contribution in [0.4, 0.5) is 16.2 Å². The van der Waals surface area contributed by atoms with Crippen molar-refractivity contribution in [2.45, 2.75) is 97.8 Å². The first-order chi connectivity index (χ1) is 27.0. The number of azo groups is 1. The smallest absolute Gasteiger partial charge is 0.408 e. The number of benzene rings is 3. The van der Waals surface area contributed by atoms with Crippen LogP contribution in [0.3, 0.4) is 0 Å². The molecule has 1 aromatic heterocycles. The van der Waals surface area contributed by atoms with Gasteiger partial charge in [-0.15, -0.1) is 20.4 Å². The van der Waals surface area contributed by atoms with E-state index < -0.39 is 17.7 Å². The molecule has 15 heteroatoms. The van der Waals surface area contributed by atoms with Gasteiger partial charge < -0.3 is 30.2 Å². The van der Waals surface area contributed by atoms with Gasteiger partial charge in [0.15, 0.2) is 5.82 Å². The van der Waals surface area contributed by atoms with E-state index in [9.17, 15) is 14.4 Å². The van der Waals surface area contributed by atoms with Crippen molar-refractivity contribution in [3.05, 3.63) is 84.2 Å². The molecule has 3 amide bonds. The van der Waals surface area contributed by atoms with Gasteiger partial charge in [0, 0.05) is 25.1 Å². The van der Waals surface area contributed by atoms with E-state index in [1.54, 1.807) is 27.7 Å². The summed E-state index contributed by atoms with van der Waals surface area (Å²) in [7, 11) is 0. The average molecular weight is 768 g/mol. The summed E-state index contributed by atoms with van der Waals surface area (Å²) in [5.74, 6) is 1.96. The minimum absolute atomic E-state index is 0.0847. The Bertz CT molecular complexity index is 1830. The zero-order chi connectivity index (χ0) is 40.2. The first-order valence-electron chi connectivity index (χ1n) is 19.0. The molecule has 0 aliphatic carbocycles. The summed E-state index contributed by atoms with van der Waals surface area (Å²) in [5.41, 5.74) is 2.31. The first kappa shape index (κ1) is 42.7. The van der Waals surface area contributed by atoms with Gasteiger partial charge in [-0.2, -0.15) is 10.2 Å². The van der Waals surface area contributed by atoms with Crippen molar-refractivity contribution >= 4 is 29.3 Å². The number of hydrogen-bond donors (Lipinski definition) is 3. The lowest BCUT2D eigenvalue weighted by atomic mass is 10.1. The molecule has 0 aliphatic rings. The zero-order valence-corrected chi connectivity index (χ0v) is 32.9. The fourth-order valence-electron chi connectivity index (χ4n) is 5.08. The predicted molar refractivity (Wildman–Crippen MR) is 212 cm³/mol. The lowest BCUT2D eigenvalue weighted by molar-refractivity contribution is -0.123. The molecule has 0 radical (unpaired) electrons. The van der Waals surface area contributed by atoms with Crippen LogP contribution in [0.5, 0.6) is 11.5 Å². The van der Waals surface area contributed by atoms with Gasteiger partial charge in [-0.25, -0.2) is 4.79 Å². The van der Waals surface area contributed by atoms with Crippen LogP contribution in [0.2, 0.25) is 0 Å². The fraction of sp³-hybridized carbons (Fsp3) is 0.439. The van der Waals surface area contributed by atoms with E-state index >= 15 is 0 Å². The Kier molecular flexibility index (Phi) is 17.1. The number of carbonyl (C=O) groups excluding carboxylic acids is 3. The van der Waals surface area contributed by atoms with E-state index in [0.29, 0.717) is 74.9 Å². The lowest BCUT2D eigenvalue weighted by Crippen LogP contribution is -2.48. The van der Waals surface area contributed by atoms with Crippen molar-refractivity contribution < 1.29 is 28.6 Å². The van der Waals surface area contributed by atoms with Crippen molar-refractivity contribution in [1.82, 2.24) is 36.3 Å². The van der Waals surface area contributed by atoms with Gasteiger partial charge in [0.05, 0.1) is 24.6 Å². The second kappa shape index (κ2) is 22.4. The molecule has 0 saturated heterocycles. The monoisotopic (exact) mass is 767 g/mol. The maximum Gasteiger partial charge on any atom is 0.408 e. The molecule has 298 valence electrons. The molecule has 15 nitrogen and oxygen atoms in total. The summed E-state index contributed by atoms with van der Waals surface area (Å²) in [6, 6.07) is 21.3. The fourth-order valence-corrected chi connectivity index (χ4v) is 5.08. The van der Waals surface area contributed by atoms with E-state index in [4.69, 9.17) is 14.2 Å². The van der Waals surface area contributed by atoms with Gasteiger partial charge in [-0.05, 0) is 114 Å². The molecule has 4 aromatic rings. The van der Waals surface area contributed by atoms with Gasteiger partial charge in [0.25, 0.3) is 0 Å². The quantitative estimate of drug-likeness (QED) is 0.0565. The average Bonchev–Trinajstić information content (AvgIpc) is 3.18. The number of alkyl carbamates (subject to hydrolysis) is 1. The highest BCUT2D eigenvalue weighted by Crippen LogP contribution is 2.23. The number of carbonyl (C=O) groups is 3. The highest BCUT2D eigenvalue weighted by molar-refractivity contribution is 5.85. The summed E-state index contributed by atoms with van der Waals surface area (Å²) in [5, 5.41) is 33.0. The normalized spacial score (nSPS) is 11.8. The molecule has 3 N–H and O–H groups in total. The van der Waals surface area contributed by atoms with Crippen LogP contribution >= 0.6 is 0 Å². The Balaban J connectivity index is 1.13. The molecule has 0 spiro atoms. The van der Waals surface area contributed by atoms with Gasteiger partial charge >= 0.3 is 6.09 Å². The molecular formula is C41H53N9O6. The van der Waals surface area contributed by atoms with Crippen LogP contribution in [0.1, 0.15) is 84.0 Å². The minimum atomic E-state index is -0.819. The van der Waals surface area contributed by atoms with E-state index in [0.717, 1.165) is 35.4 Å². The molecule has 1 atom stereocenters. The molecule has 0 fully saturated rings. The number of aryl methyl sites for hydroxylation is 1. The molecular weight excluding hydrogens is 715 g/mol. The summed E-state index contributed by atoms with van der Waals surface area (Å²) >= 11 is 0. The van der Waals surface area contributed by atoms with Gasteiger partial charge in [-0.3, -0.25) is 9.59 Å². The van der Waals surface area contributed by atoms with Crippen molar-refractivity contribution in [3.8, 4) is 22.9 Å². The van der Waals surface area contributed by atoms with E-state index in [-0.39, 0.29) is 18.4 Å². The molecule has 56 heavy (non-hydrogen) atoms. The standard InChI is InChI=1S/C41H53N9O6/c1-6-7-26-54-34-21-17-32(18-22-34)47-48-33-19-23-35(24-20-33)55-27-10-12-37(51)42-25-9-8-11-36(44-40(53)56-41(3,4)5)39(52)43-28-30-13-15-31(16-14-30)38-49-45-29(2)46-50-38/h13-24,36H,6-12,25-28H2,1-5H3,(H,42,51)(H,43,52)(H,44,53). The molecule has 4 rings (SSSR count). The van der Waals surface area contributed by atoms with E-state index in [2.05, 4.69) is 53.5 Å². The topological polar surface area (TPSA) is 191 Å². The highest BCUT2D eigenvalue weighted by atomic mass is 16.6. The van der Waals surface area contributed by atoms with Crippen LogP contribution in [0.15, 0.2) is 83.0 Å². The molecule has 0 saturated carbocycles. The summed E-state index contributed by atoms with van der Waals surface area (Å²) in [6.07, 6.45) is 3.86. The Labute approximate surface area is 328 Å². The van der Waals surface area contributed by atoms with Crippen LogP contribution in [0, 0.1) is 6.92 Å². The van der Waals surface area contributed by atoms with Crippen molar-refractivity contribution in [2.75, 3.05) is 19.8 Å². The van der Waals surface area contributed by atoms with E-state index in [1.165, 1.54) is 0 Å². The molecule has 1 unspecified atom stereocenters. The second-order valence-electron chi connectivity index (χ2n) is 14.1. The Morgan fingerprint density at radius 1 is 0.732 bits per heavy atom. The number of aromatic nitrogens is 4. The van der Waals surface area contributed by atoms with Crippen molar-refractivity contribution in [1.29, 1.82) is 0 Å². The number of ether oxygens (including phenoxy) is 3. The number of hydrogen-bond acceptors (Lipinski definition) is 12. The third-order valence-corrected chi connectivity index (χ3v) is 8.04. The van der Waals surface area contributed by atoms with Crippen molar-refractivity contribution in [3.63, 3.8) is 0 Å². The molecule has 0 bridgehead atoms. The largest absolute Gasteiger partial charge is 0.494 e. The minimum Gasteiger partial charge on any atom is -0.494 e. The van der Waals surface area contributed by atoms with Gasteiger partial charge in [0.2, 0.25) is 17.6 Å². The Morgan fingerprint density at radius 3 is 1.89 bits per heavy atom. The third-order valence-electron chi connectivity index (χ3n) is 8.04. The number of nitrogens with one attached hydrogen (secondary N) is 3. The molecule has 1 heterocycles. The third kappa shape index (κ3) is 16.2. The Morgan fingerprint density at radius 2 is 1.32 bits per heavy atom. The van der Waals surface area contributed by atoms with Crippen LogP contribution in [-0.2, 0) is 20.9 Å². The SMILES string of the molecule is CCCCOc1ccc(N=Nc2ccc(OCCCC(=O)NCCCCC(NC(=O)OC(C)(C)C)C(=O)NCc3ccc(-c4nnc(C)nn4)cc3)cc2)cc1. The molecule has 3 aromatic carbocycles. The first-order valence-corrected chi connectivity index (χ1v) is 19.0.